The number of amides is 1. The van der Waals surface area contributed by atoms with Gasteiger partial charge in [-0.25, -0.2) is 0 Å². The van der Waals surface area contributed by atoms with Gasteiger partial charge in [-0.3, -0.25) is 9.59 Å². The van der Waals surface area contributed by atoms with E-state index in [1.807, 2.05) is 6.08 Å². The Hall–Kier alpha value is -1.52. The van der Waals surface area contributed by atoms with Crippen LogP contribution in [-0.4, -0.2) is 18.5 Å². The van der Waals surface area contributed by atoms with Crippen molar-refractivity contribution in [1.82, 2.24) is 5.32 Å². The first-order valence-corrected chi connectivity index (χ1v) is 8.28. The van der Waals surface area contributed by atoms with Crippen molar-refractivity contribution in [2.75, 3.05) is 6.61 Å². The number of hydrogen-bond acceptors (Lipinski definition) is 3. The number of esters is 1. The van der Waals surface area contributed by atoms with Crippen molar-refractivity contribution in [1.29, 1.82) is 0 Å². The van der Waals surface area contributed by atoms with E-state index >= 15 is 0 Å². The molecule has 0 unspecified atom stereocenters. The molecule has 1 aromatic rings. The molecule has 0 aromatic heterocycles. The topological polar surface area (TPSA) is 55.4 Å². The highest BCUT2D eigenvalue weighted by molar-refractivity contribution is 6.35. The summed E-state index contributed by atoms with van der Waals surface area (Å²) < 4.78 is 5.01. The third kappa shape index (κ3) is 5.56. The molecular weight excluding hydrogens is 337 g/mol. The second-order valence-electron chi connectivity index (χ2n) is 5.59. The van der Waals surface area contributed by atoms with Crippen LogP contribution in [0.25, 0.3) is 0 Å². The van der Waals surface area contributed by atoms with Gasteiger partial charge in [-0.15, -0.1) is 0 Å². The summed E-state index contributed by atoms with van der Waals surface area (Å²) in [5.74, 6) is -0.481. The standard InChI is InChI=1S/C17H19Cl2NO3/c1-11(14-7-6-13(18)9-15(14)19)20-16(21)10-23-17(22)8-12-4-2-3-5-12/h2,4,6-7,9,11-12H,3,5,8,10H2,1H3,(H,20,21)/t11-,12+/m0/s1. The minimum Gasteiger partial charge on any atom is -0.456 e. The van der Waals surface area contributed by atoms with Crippen LogP contribution in [0, 0.1) is 5.92 Å². The number of benzene rings is 1. The zero-order chi connectivity index (χ0) is 16.8. The van der Waals surface area contributed by atoms with Gasteiger partial charge in [0.05, 0.1) is 12.5 Å². The largest absolute Gasteiger partial charge is 0.456 e. The second kappa shape index (κ2) is 8.37. The molecule has 0 radical (unpaired) electrons. The quantitative estimate of drug-likeness (QED) is 0.618. The van der Waals surface area contributed by atoms with E-state index in [2.05, 4.69) is 11.4 Å². The van der Waals surface area contributed by atoms with Crippen LogP contribution in [-0.2, 0) is 14.3 Å². The molecule has 1 aromatic carbocycles. The van der Waals surface area contributed by atoms with Crippen LogP contribution in [0.3, 0.4) is 0 Å². The molecule has 6 heteroatoms. The molecule has 23 heavy (non-hydrogen) atoms. The number of allylic oxidation sites excluding steroid dienone is 2. The Morgan fingerprint density at radius 2 is 2.17 bits per heavy atom. The lowest BCUT2D eigenvalue weighted by atomic mass is 10.1. The van der Waals surface area contributed by atoms with Crippen molar-refractivity contribution in [3.8, 4) is 0 Å². The molecule has 1 aliphatic rings. The number of carbonyl (C=O) groups is 2. The minimum atomic E-state index is -0.362. The Balaban J connectivity index is 1.77. The van der Waals surface area contributed by atoms with E-state index in [0.717, 1.165) is 18.4 Å². The second-order valence-corrected chi connectivity index (χ2v) is 6.43. The molecule has 1 N–H and O–H groups in total. The third-order valence-corrected chi connectivity index (χ3v) is 4.27. The van der Waals surface area contributed by atoms with Gasteiger partial charge < -0.3 is 10.1 Å². The number of ether oxygens (including phenoxy) is 1. The minimum absolute atomic E-state index is 0.234. The molecule has 0 bridgehead atoms. The highest BCUT2D eigenvalue weighted by atomic mass is 35.5. The van der Waals surface area contributed by atoms with Crippen molar-refractivity contribution in [2.24, 2.45) is 5.92 Å². The smallest absolute Gasteiger partial charge is 0.306 e. The SMILES string of the molecule is C[C@H](NC(=O)COC(=O)C[C@@H]1C=CCC1)c1ccc(Cl)cc1Cl. The Morgan fingerprint density at radius 1 is 1.39 bits per heavy atom. The van der Waals surface area contributed by atoms with E-state index in [9.17, 15) is 9.59 Å². The van der Waals surface area contributed by atoms with E-state index in [-0.39, 0.29) is 30.4 Å². The monoisotopic (exact) mass is 355 g/mol. The summed E-state index contributed by atoms with van der Waals surface area (Å²) in [5, 5.41) is 3.76. The van der Waals surface area contributed by atoms with Gasteiger partial charge in [-0.2, -0.15) is 0 Å². The Kier molecular flexibility index (Phi) is 6.48. The van der Waals surface area contributed by atoms with E-state index in [0.29, 0.717) is 16.5 Å². The maximum Gasteiger partial charge on any atom is 0.306 e. The van der Waals surface area contributed by atoms with E-state index in [4.69, 9.17) is 27.9 Å². The highest BCUT2D eigenvalue weighted by Crippen LogP contribution is 2.26. The normalized spacial score (nSPS) is 17.8. The van der Waals surface area contributed by atoms with E-state index in [1.165, 1.54) is 0 Å². The van der Waals surface area contributed by atoms with Gasteiger partial charge >= 0.3 is 5.97 Å². The maximum absolute atomic E-state index is 11.9. The number of carbonyl (C=O) groups excluding carboxylic acids is 2. The van der Waals surface area contributed by atoms with Crippen LogP contribution in [0.5, 0.6) is 0 Å². The molecule has 1 aliphatic carbocycles. The molecule has 4 nitrogen and oxygen atoms in total. The van der Waals surface area contributed by atoms with Crippen LogP contribution >= 0.6 is 23.2 Å². The fraction of sp³-hybridized carbons (Fsp3) is 0.412. The zero-order valence-electron chi connectivity index (χ0n) is 12.9. The first kappa shape index (κ1) is 17.8. The fourth-order valence-electron chi connectivity index (χ4n) is 2.50. The van der Waals surface area contributed by atoms with Gasteiger partial charge in [-0.1, -0.05) is 41.4 Å². The number of nitrogens with one attached hydrogen (secondary N) is 1. The predicted molar refractivity (Wildman–Crippen MR) is 90.5 cm³/mol. The van der Waals surface area contributed by atoms with Gasteiger partial charge in [0.2, 0.25) is 0 Å². The molecule has 0 fully saturated rings. The lowest BCUT2D eigenvalue weighted by molar-refractivity contribution is -0.149. The van der Waals surface area contributed by atoms with Crippen molar-refractivity contribution in [3.63, 3.8) is 0 Å². The summed E-state index contributed by atoms with van der Waals surface area (Å²) in [6.07, 6.45) is 6.36. The predicted octanol–water partition coefficient (Wildman–Crippen LogP) is 4.07. The Bertz CT molecular complexity index is 616. The van der Waals surface area contributed by atoms with Gasteiger partial charge in [-0.05, 0) is 43.4 Å². The Morgan fingerprint density at radius 3 is 2.83 bits per heavy atom. The van der Waals surface area contributed by atoms with Crippen LogP contribution in [0.1, 0.15) is 37.8 Å². The summed E-state index contributed by atoms with van der Waals surface area (Å²) in [6, 6.07) is 4.79. The molecule has 0 spiro atoms. The average Bonchev–Trinajstić information content (AvgIpc) is 2.97. The van der Waals surface area contributed by atoms with Crippen molar-refractivity contribution < 1.29 is 14.3 Å². The molecule has 0 aliphatic heterocycles. The van der Waals surface area contributed by atoms with Crippen molar-refractivity contribution in [3.05, 3.63) is 46.0 Å². The highest BCUT2D eigenvalue weighted by Gasteiger charge is 2.17. The summed E-state index contributed by atoms with van der Waals surface area (Å²) in [6.45, 7) is 1.52. The molecule has 124 valence electrons. The first-order chi connectivity index (χ1) is 11.0. The molecule has 0 saturated carbocycles. The van der Waals surface area contributed by atoms with Crippen molar-refractivity contribution in [2.45, 2.75) is 32.2 Å². The first-order valence-electron chi connectivity index (χ1n) is 7.52. The molecule has 0 saturated heterocycles. The molecule has 1 amide bonds. The molecule has 0 heterocycles. The van der Waals surface area contributed by atoms with E-state index in [1.54, 1.807) is 25.1 Å². The fourth-order valence-corrected chi connectivity index (χ4v) is 3.07. The molecule has 2 atom stereocenters. The third-order valence-electron chi connectivity index (χ3n) is 3.71. The number of hydrogen-bond donors (Lipinski definition) is 1. The van der Waals surface area contributed by atoms with Gasteiger partial charge in [0, 0.05) is 10.0 Å². The average molecular weight is 356 g/mol. The summed E-state index contributed by atoms with van der Waals surface area (Å²) >= 11 is 12.0. The summed E-state index contributed by atoms with van der Waals surface area (Å²) in [4.78, 5) is 23.6. The van der Waals surface area contributed by atoms with Crippen LogP contribution in [0.2, 0.25) is 10.0 Å². The van der Waals surface area contributed by atoms with Crippen LogP contribution in [0.4, 0.5) is 0 Å². The van der Waals surface area contributed by atoms with Crippen molar-refractivity contribution >= 4 is 35.1 Å². The number of halogens is 2. The lowest BCUT2D eigenvalue weighted by Crippen LogP contribution is -2.31. The van der Waals surface area contributed by atoms with E-state index < -0.39 is 0 Å². The lowest BCUT2D eigenvalue weighted by Gasteiger charge is -2.16. The summed E-state index contributed by atoms with van der Waals surface area (Å²) in [7, 11) is 0. The van der Waals surface area contributed by atoms with Gasteiger partial charge in [0.15, 0.2) is 6.61 Å². The van der Waals surface area contributed by atoms with Crippen LogP contribution < -0.4 is 5.32 Å². The maximum atomic E-state index is 11.9. The van der Waals surface area contributed by atoms with Gasteiger partial charge in [0.25, 0.3) is 5.91 Å². The summed E-state index contributed by atoms with van der Waals surface area (Å²) in [5.41, 5.74) is 0.756. The number of rotatable bonds is 6. The zero-order valence-corrected chi connectivity index (χ0v) is 14.4. The Labute approximate surface area is 145 Å². The van der Waals surface area contributed by atoms with Crippen LogP contribution in [0.15, 0.2) is 30.4 Å². The molecular formula is C17H19Cl2NO3. The molecule has 2 rings (SSSR count). The van der Waals surface area contributed by atoms with Gasteiger partial charge in [0.1, 0.15) is 0 Å².